The summed E-state index contributed by atoms with van der Waals surface area (Å²) in [6.07, 6.45) is 0. The molecule has 20 heavy (non-hydrogen) atoms. The summed E-state index contributed by atoms with van der Waals surface area (Å²) in [6.45, 7) is 2.45. The summed E-state index contributed by atoms with van der Waals surface area (Å²) in [5.74, 6) is -0.205. The molecule has 1 amide bonds. The maximum absolute atomic E-state index is 12.3. The van der Waals surface area contributed by atoms with E-state index in [1.165, 1.54) is 0 Å². The Morgan fingerprint density at radius 1 is 1.30 bits per heavy atom. The number of sulfone groups is 1. The van der Waals surface area contributed by atoms with Crippen LogP contribution in [-0.2, 0) is 14.6 Å². The fourth-order valence-corrected chi connectivity index (χ4v) is 3.55. The van der Waals surface area contributed by atoms with Crippen molar-refractivity contribution in [3.8, 4) is 0 Å². The van der Waals surface area contributed by atoms with E-state index < -0.39 is 15.9 Å². The molecule has 0 saturated carbocycles. The lowest BCUT2D eigenvalue weighted by molar-refractivity contribution is -0.134. The van der Waals surface area contributed by atoms with E-state index in [1.54, 1.807) is 11.9 Å². The van der Waals surface area contributed by atoms with Gasteiger partial charge in [-0.1, -0.05) is 0 Å². The number of rotatable bonds is 6. The Labute approximate surface area is 121 Å². The predicted molar refractivity (Wildman–Crippen MR) is 79.3 cm³/mol. The molecule has 1 aliphatic rings. The van der Waals surface area contributed by atoms with Gasteiger partial charge in [0, 0.05) is 19.6 Å². The van der Waals surface area contributed by atoms with Crippen LogP contribution in [0.5, 0.6) is 0 Å². The molecule has 7 nitrogen and oxygen atoms in total. The number of likely N-dealkylation sites (N-methyl/N-ethyl adjacent to an activating group) is 3. The van der Waals surface area contributed by atoms with E-state index in [0.717, 1.165) is 13.1 Å². The second-order valence-corrected chi connectivity index (χ2v) is 7.81. The van der Waals surface area contributed by atoms with Crippen LogP contribution in [0.3, 0.4) is 0 Å². The van der Waals surface area contributed by atoms with Gasteiger partial charge < -0.3 is 15.1 Å². The highest BCUT2D eigenvalue weighted by Crippen LogP contribution is 2.08. The van der Waals surface area contributed by atoms with Gasteiger partial charge in [0.2, 0.25) is 5.91 Å². The lowest BCUT2D eigenvalue weighted by Crippen LogP contribution is -2.49. The summed E-state index contributed by atoms with van der Waals surface area (Å²) in [7, 11) is 4.39. The van der Waals surface area contributed by atoms with Gasteiger partial charge in [-0.3, -0.25) is 9.69 Å². The molecule has 0 aromatic rings. The topological polar surface area (TPSA) is 73.0 Å². The van der Waals surface area contributed by atoms with Gasteiger partial charge in [0.15, 0.2) is 9.84 Å². The molecule has 0 aromatic heterocycles. The normalized spacial score (nSPS) is 23.4. The molecule has 0 radical (unpaired) electrons. The van der Waals surface area contributed by atoms with E-state index in [1.807, 2.05) is 26.0 Å². The quantitative estimate of drug-likeness (QED) is 0.629. The van der Waals surface area contributed by atoms with E-state index in [-0.39, 0.29) is 24.0 Å². The molecule has 0 bridgehead atoms. The molecule has 1 fully saturated rings. The van der Waals surface area contributed by atoms with Crippen molar-refractivity contribution in [1.29, 1.82) is 0 Å². The van der Waals surface area contributed by atoms with Gasteiger partial charge in [-0.05, 0) is 28.2 Å². The van der Waals surface area contributed by atoms with Crippen molar-refractivity contribution in [3.05, 3.63) is 0 Å². The summed E-state index contributed by atoms with van der Waals surface area (Å²) in [5.41, 5.74) is 0. The minimum Gasteiger partial charge on any atom is -0.327 e. The molecule has 1 heterocycles. The van der Waals surface area contributed by atoms with Gasteiger partial charge in [0.1, 0.15) is 6.04 Å². The van der Waals surface area contributed by atoms with E-state index >= 15 is 0 Å². The molecule has 118 valence electrons. The third-order valence-corrected chi connectivity index (χ3v) is 5.04. The van der Waals surface area contributed by atoms with Crippen LogP contribution in [0.1, 0.15) is 0 Å². The number of hydrogen-bond acceptors (Lipinski definition) is 6. The van der Waals surface area contributed by atoms with Crippen molar-refractivity contribution in [2.75, 3.05) is 66.0 Å². The average molecular weight is 306 g/mol. The van der Waals surface area contributed by atoms with Crippen molar-refractivity contribution in [3.63, 3.8) is 0 Å². The highest BCUT2D eigenvalue weighted by atomic mass is 32.2. The van der Waals surface area contributed by atoms with E-state index in [9.17, 15) is 13.2 Å². The van der Waals surface area contributed by atoms with Crippen LogP contribution in [0.25, 0.3) is 0 Å². The van der Waals surface area contributed by atoms with Gasteiger partial charge >= 0.3 is 0 Å². The summed E-state index contributed by atoms with van der Waals surface area (Å²) in [5, 5.41) is 2.81. The molecule has 1 N–H and O–H groups in total. The van der Waals surface area contributed by atoms with Crippen molar-refractivity contribution in [1.82, 2.24) is 20.0 Å². The van der Waals surface area contributed by atoms with Crippen LogP contribution in [0.15, 0.2) is 0 Å². The number of amides is 1. The second kappa shape index (κ2) is 7.35. The van der Waals surface area contributed by atoms with E-state index in [2.05, 4.69) is 10.2 Å². The Bertz CT molecular complexity index is 424. The molecule has 1 atom stereocenters. The molecule has 1 saturated heterocycles. The maximum Gasteiger partial charge on any atom is 0.241 e. The summed E-state index contributed by atoms with van der Waals surface area (Å²) < 4.78 is 23.6. The summed E-state index contributed by atoms with van der Waals surface area (Å²) >= 11 is 0. The predicted octanol–water partition coefficient (Wildman–Crippen LogP) is -1.72. The third kappa shape index (κ3) is 5.35. The lowest BCUT2D eigenvalue weighted by atomic mass is 10.3. The molecule has 1 aliphatic heterocycles. The van der Waals surface area contributed by atoms with Crippen LogP contribution >= 0.6 is 0 Å². The Morgan fingerprint density at radius 3 is 2.50 bits per heavy atom. The monoisotopic (exact) mass is 306 g/mol. The molecule has 1 unspecified atom stereocenters. The molecular formula is C12H26N4O3S. The number of nitrogens with zero attached hydrogens (tertiary/aromatic N) is 3. The van der Waals surface area contributed by atoms with Gasteiger partial charge in [0.25, 0.3) is 0 Å². The zero-order valence-corrected chi connectivity index (χ0v) is 13.6. The Hall–Kier alpha value is -0.700. The minimum atomic E-state index is -3.16. The Kier molecular flexibility index (Phi) is 6.38. The number of nitrogens with one attached hydrogen (secondary N) is 1. The van der Waals surface area contributed by atoms with Crippen molar-refractivity contribution in [2.45, 2.75) is 6.04 Å². The second-order valence-electron chi connectivity index (χ2n) is 5.58. The highest BCUT2D eigenvalue weighted by molar-refractivity contribution is 7.91. The van der Waals surface area contributed by atoms with Crippen molar-refractivity contribution in [2.24, 2.45) is 0 Å². The number of carbonyl (C=O) groups excluding carboxylic acids is 1. The first kappa shape index (κ1) is 17.4. The van der Waals surface area contributed by atoms with Gasteiger partial charge in [-0.15, -0.1) is 0 Å². The SMILES string of the molecule is CNC1CS(=O)(=O)CCN(CN(C)CCN(C)C)C1=O. The van der Waals surface area contributed by atoms with Gasteiger partial charge in [-0.25, -0.2) is 8.42 Å². The highest BCUT2D eigenvalue weighted by Gasteiger charge is 2.32. The van der Waals surface area contributed by atoms with Gasteiger partial charge in [0.05, 0.1) is 18.2 Å². The van der Waals surface area contributed by atoms with Crippen LogP contribution in [-0.4, -0.2) is 101 Å². The zero-order chi connectivity index (χ0) is 15.3. The molecule has 8 heteroatoms. The first-order valence-corrected chi connectivity index (χ1v) is 8.57. The number of carbonyl (C=O) groups is 1. The fraction of sp³-hybridized carbons (Fsp3) is 0.917. The smallest absolute Gasteiger partial charge is 0.241 e. The Morgan fingerprint density at radius 2 is 1.95 bits per heavy atom. The first-order valence-electron chi connectivity index (χ1n) is 6.75. The largest absolute Gasteiger partial charge is 0.327 e. The molecule has 0 spiro atoms. The zero-order valence-electron chi connectivity index (χ0n) is 12.8. The lowest BCUT2D eigenvalue weighted by Gasteiger charge is -2.29. The summed E-state index contributed by atoms with van der Waals surface area (Å²) in [6, 6.07) is -0.634. The van der Waals surface area contributed by atoms with Crippen molar-refractivity contribution < 1.29 is 13.2 Å². The molecule has 0 aromatic carbocycles. The van der Waals surface area contributed by atoms with E-state index in [4.69, 9.17) is 0 Å². The molecular weight excluding hydrogens is 280 g/mol. The average Bonchev–Trinajstić information content (AvgIpc) is 2.47. The third-order valence-electron chi connectivity index (χ3n) is 3.39. The molecule has 1 rings (SSSR count). The number of hydrogen-bond donors (Lipinski definition) is 1. The van der Waals surface area contributed by atoms with Crippen molar-refractivity contribution >= 4 is 15.7 Å². The van der Waals surface area contributed by atoms with E-state index in [0.29, 0.717) is 6.67 Å². The van der Waals surface area contributed by atoms with Crippen LogP contribution in [0.2, 0.25) is 0 Å². The Balaban J connectivity index is 2.66. The first-order chi connectivity index (χ1) is 9.25. The maximum atomic E-state index is 12.3. The minimum absolute atomic E-state index is 0.0401. The standard InChI is InChI=1S/C12H26N4O3S/c1-13-11-9-20(18,19)8-7-16(12(11)17)10-15(4)6-5-14(2)3/h11,13H,5-10H2,1-4H3. The fourth-order valence-electron chi connectivity index (χ4n) is 2.07. The van der Waals surface area contributed by atoms with Crippen LogP contribution in [0.4, 0.5) is 0 Å². The molecule has 0 aliphatic carbocycles. The van der Waals surface area contributed by atoms with Crippen LogP contribution in [0, 0.1) is 0 Å². The van der Waals surface area contributed by atoms with Crippen LogP contribution < -0.4 is 5.32 Å². The summed E-state index contributed by atoms with van der Waals surface area (Å²) in [4.78, 5) is 18.0. The van der Waals surface area contributed by atoms with Gasteiger partial charge in [-0.2, -0.15) is 0 Å².